The average molecular weight is 451 g/mol. The van der Waals surface area contributed by atoms with Gasteiger partial charge in [-0.1, -0.05) is 23.9 Å². The van der Waals surface area contributed by atoms with Crippen LogP contribution in [0.1, 0.15) is 5.56 Å². The maximum atomic E-state index is 13.4. The Bertz CT molecular complexity index is 1250. The molecule has 1 N–H and O–H groups in total. The molecule has 0 saturated heterocycles. The topological polar surface area (TPSA) is 59.8 Å². The van der Waals surface area contributed by atoms with Crippen molar-refractivity contribution in [2.45, 2.75) is 11.6 Å². The summed E-state index contributed by atoms with van der Waals surface area (Å²) in [6.45, 7) is 0. The van der Waals surface area contributed by atoms with E-state index in [2.05, 4.69) is 10.3 Å². The smallest absolute Gasteiger partial charge is 0.229 e. The zero-order chi connectivity index (χ0) is 22.7. The first-order chi connectivity index (χ1) is 15.4. The number of pyridine rings is 1. The first-order valence-corrected chi connectivity index (χ1v) is 11.0. The van der Waals surface area contributed by atoms with Gasteiger partial charge >= 0.3 is 0 Å². The third-order valence-electron chi connectivity index (χ3n) is 4.93. The van der Waals surface area contributed by atoms with Crippen LogP contribution in [-0.2, 0) is 18.3 Å². The molecule has 32 heavy (non-hydrogen) atoms. The van der Waals surface area contributed by atoms with Crippen LogP contribution in [0.3, 0.4) is 0 Å². The van der Waals surface area contributed by atoms with Crippen molar-refractivity contribution >= 4 is 23.5 Å². The van der Waals surface area contributed by atoms with Gasteiger partial charge in [-0.2, -0.15) is 0 Å². The number of nitrogens with one attached hydrogen (secondary N) is 1. The van der Waals surface area contributed by atoms with Crippen molar-refractivity contribution in [1.29, 1.82) is 0 Å². The molecule has 1 amide bonds. The van der Waals surface area contributed by atoms with Gasteiger partial charge < -0.3 is 9.88 Å². The number of halogens is 2. The summed E-state index contributed by atoms with van der Waals surface area (Å²) in [6.07, 6.45) is 3.66. The number of aromatic nitrogens is 3. The van der Waals surface area contributed by atoms with Gasteiger partial charge in [-0.15, -0.1) is 0 Å². The Labute approximate surface area is 188 Å². The number of amides is 1. The van der Waals surface area contributed by atoms with E-state index in [1.165, 1.54) is 36.0 Å². The van der Waals surface area contributed by atoms with E-state index >= 15 is 0 Å². The zero-order valence-electron chi connectivity index (χ0n) is 17.5. The minimum atomic E-state index is -0.346. The van der Waals surface area contributed by atoms with E-state index in [0.717, 1.165) is 22.0 Å². The predicted molar refractivity (Wildman–Crippen MR) is 122 cm³/mol. The Hall–Kier alpha value is -3.52. The fourth-order valence-electron chi connectivity index (χ4n) is 3.42. The average Bonchev–Trinajstić information content (AvgIpc) is 3.12. The summed E-state index contributed by atoms with van der Waals surface area (Å²) in [7, 11) is 1.91. The fourth-order valence-corrected chi connectivity index (χ4v) is 3.97. The number of anilines is 1. The van der Waals surface area contributed by atoms with Crippen molar-refractivity contribution in [1.82, 2.24) is 14.5 Å². The molecule has 0 unspecified atom stereocenters. The van der Waals surface area contributed by atoms with Crippen LogP contribution in [-0.4, -0.2) is 26.7 Å². The quantitative estimate of drug-likeness (QED) is 0.404. The zero-order valence-corrected chi connectivity index (χ0v) is 18.3. The van der Waals surface area contributed by atoms with Crippen molar-refractivity contribution in [3.63, 3.8) is 0 Å². The largest absolute Gasteiger partial charge is 0.322 e. The molecular formula is C24H20F2N4OS. The van der Waals surface area contributed by atoms with Gasteiger partial charge in [0, 0.05) is 24.4 Å². The molecule has 0 aliphatic heterocycles. The van der Waals surface area contributed by atoms with Gasteiger partial charge in [0.1, 0.15) is 17.5 Å². The van der Waals surface area contributed by atoms with Crippen molar-refractivity contribution in [3.05, 3.63) is 84.1 Å². The van der Waals surface area contributed by atoms with Crippen molar-refractivity contribution in [2.24, 2.45) is 7.05 Å². The Kier molecular flexibility index (Phi) is 6.32. The highest BCUT2D eigenvalue weighted by molar-refractivity contribution is 7.98. The molecule has 8 heteroatoms. The maximum Gasteiger partial charge on any atom is 0.229 e. The second kappa shape index (κ2) is 9.32. The third-order valence-corrected chi connectivity index (χ3v) is 5.66. The molecule has 5 nitrogen and oxygen atoms in total. The lowest BCUT2D eigenvalue weighted by Gasteiger charge is -2.10. The highest BCUT2D eigenvalue weighted by Gasteiger charge is 2.18. The molecule has 162 valence electrons. The lowest BCUT2D eigenvalue weighted by molar-refractivity contribution is -0.115. The third kappa shape index (κ3) is 4.70. The number of rotatable bonds is 6. The number of carbonyl (C=O) groups is 1. The minimum Gasteiger partial charge on any atom is -0.322 e. The minimum absolute atomic E-state index is 0.106. The summed E-state index contributed by atoms with van der Waals surface area (Å²) < 4.78 is 28.5. The first kappa shape index (κ1) is 21.7. The van der Waals surface area contributed by atoms with Gasteiger partial charge in [0.15, 0.2) is 5.16 Å². The van der Waals surface area contributed by atoms with E-state index in [0.29, 0.717) is 17.1 Å². The molecule has 4 rings (SSSR count). The Balaban J connectivity index is 1.64. The summed E-state index contributed by atoms with van der Waals surface area (Å²) in [6, 6.07) is 15.6. The maximum absolute atomic E-state index is 13.4. The van der Waals surface area contributed by atoms with Gasteiger partial charge in [0.05, 0.1) is 17.8 Å². The molecular weight excluding hydrogens is 430 g/mol. The van der Waals surface area contributed by atoms with Crippen LogP contribution < -0.4 is 5.32 Å². The molecule has 0 spiro atoms. The van der Waals surface area contributed by atoms with E-state index in [-0.39, 0.29) is 24.0 Å². The molecule has 4 aromatic rings. The standard InChI is InChI=1S/C24H20F2N4OS/c1-30-23(22(29-24(30)32-2)16-5-9-19(26)10-6-16)17-11-12-27-20(14-17)28-21(31)13-15-3-7-18(25)8-4-15/h3-12,14H,13H2,1-2H3,(H,27,28,31). The monoisotopic (exact) mass is 450 g/mol. The van der Waals surface area contributed by atoms with Gasteiger partial charge in [-0.05, 0) is 60.4 Å². The molecule has 0 fully saturated rings. The van der Waals surface area contributed by atoms with Crippen LogP contribution in [0.25, 0.3) is 22.5 Å². The molecule has 0 radical (unpaired) electrons. The molecule has 2 heterocycles. The number of imidazole rings is 1. The van der Waals surface area contributed by atoms with E-state index in [1.54, 1.807) is 36.5 Å². The van der Waals surface area contributed by atoms with Gasteiger partial charge in [0.2, 0.25) is 5.91 Å². The normalized spacial score (nSPS) is 10.9. The second-order valence-electron chi connectivity index (χ2n) is 7.14. The Morgan fingerprint density at radius 3 is 2.31 bits per heavy atom. The Morgan fingerprint density at radius 1 is 1.00 bits per heavy atom. The van der Waals surface area contributed by atoms with E-state index in [9.17, 15) is 13.6 Å². The van der Waals surface area contributed by atoms with Crippen LogP contribution >= 0.6 is 11.8 Å². The van der Waals surface area contributed by atoms with Crippen LogP contribution in [0.15, 0.2) is 72.0 Å². The van der Waals surface area contributed by atoms with Crippen LogP contribution in [0.2, 0.25) is 0 Å². The molecule has 2 aromatic heterocycles. The number of benzene rings is 2. The molecule has 2 aromatic carbocycles. The van der Waals surface area contributed by atoms with Crippen LogP contribution in [0, 0.1) is 11.6 Å². The van der Waals surface area contributed by atoms with Gasteiger partial charge in [0.25, 0.3) is 0 Å². The highest BCUT2D eigenvalue weighted by atomic mass is 32.2. The Morgan fingerprint density at radius 2 is 1.66 bits per heavy atom. The fraction of sp³-hybridized carbons (Fsp3) is 0.125. The van der Waals surface area contributed by atoms with E-state index in [4.69, 9.17) is 4.98 Å². The van der Waals surface area contributed by atoms with E-state index in [1.807, 2.05) is 23.9 Å². The predicted octanol–water partition coefficient (Wildman–Crippen LogP) is 5.33. The molecule has 0 aliphatic rings. The van der Waals surface area contributed by atoms with Crippen molar-refractivity contribution in [3.8, 4) is 22.5 Å². The molecule has 0 aliphatic carbocycles. The number of hydrogen-bond donors (Lipinski definition) is 1. The second-order valence-corrected chi connectivity index (χ2v) is 7.92. The number of hydrogen-bond acceptors (Lipinski definition) is 4. The number of carbonyl (C=O) groups excluding carboxylic acids is 1. The highest BCUT2D eigenvalue weighted by Crippen LogP contribution is 2.35. The summed E-state index contributed by atoms with van der Waals surface area (Å²) >= 11 is 1.51. The lowest BCUT2D eigenvalue weighted by atomic mass is 10.1. The van der Waals surface area contributed by atoms with Crippen LogP contribution in [0.4, 0.5) is 14.6 Å². The first-order valence-electron chi connectivity index (χ1n) is 9.82. The van der Waals surface area contributed by atoms with Crippen molar-refractivity contribution < 1.29 is 13.6 Å². The van der Waals surface area contributed by atoms with Gasteiger partial charge in [-0.25, -0.2) is 18.7 Å². The van der Waals surface area contributed by atoms with E-state index < -0.39 is 0 Å². The number of nitrogens with zero attached hydrogens (tertiary/aromatic N) is 3. The summed E-state index contributed by atoms with van der Waals surface area (Å²) in [5.74, 6) is -0.519. The SMILES string of the molecule is CSc1nc(-c2ccc(F)cc2)c(-c2ccnc(NC(=O)Cc3ccc(F)cc3)c2)n1C. The molecule has 0 bridgehead atoms. The molecule has 0 saturated carbocycles. The van der Waals surface area contributed by atoms with Crippen molar-refractivity contribution in [2.75, 3.05) is 11.6 Å². The number of thioether (sulfide) groups is 1. The van der Waals surface area contributed by atoms with Gasteiger partial charge in [-0.3, -0.25) is 4.79 Å². The lowest BCUT2D eigenvalue weighted by Crippen LogP contribution is -2.15. The summed E-state index contributed by atoms with van der Waals surface area (Å²) in [5.41, 5.74) is 3.85. The molecule has 0 atom stereocenters. The van der Waals surface area contributed by atoms with Crippen LogP contribution in [0.5, 0.6) is 0 Å². The summed E-state index contributed by atoms with van der Waals surface area (Å²) in [4.78, 5) is 21.4. The summed E-state index contributed by atoms with van der Waals surface area (Å²) in [5, 5.41) is 3.60.